The number of aromatic nitrogens is 3. The predicted octanol–water partition coefficient (Wildman–Crippen LogP) is 3.52. The van der Waals surface area contributed by atoms with Crippen LogP contribution in [-0.2, 0) is 6.54 Å². The molecule has 1 aliphatic heterocycles. The zero-order valence-electron chi connectivity index (χ0n) is 18.7. The molecule has 0 radical (unpaired) electrons. The van der Waals surface area contributed by atoms with E-state index in [0.717, 1.165) is 58.6 Å². The molecule has 0 saturated carbocycles. The summed E-state index contributed by atoms with van der Waals surface area (Å²) in [4.78, 5) is 14.9. The summed E-state index contributed by atoms with van der Waals surface area (Å²) >= 11 is 1.61. The third kappa shape index (κ3) is 5.12. The molecule has 1 fully saturated rings. The van der Waals surface area contributed by atoms with Crippen molar-refractivity contribution in [1.82, 2.24) is 25.4 Å². The minimum atomic E-state index is 0.359. The van der Waals surface area contributed by atoms with Crippen molar-refractivity contribution in [2.45, 2.75) is 38.8 Å². The van der Waals surface area contributed by atoms with Crippen LogP contribution in [-0.4, -0.2) is 58.4 Å². The molecule has 1 saturated heterocycles. The highest BCUT2D eigenvalue weighted by Gasteiger charge is 2.22. The Labute approximate surface area is 192 Å². The molecule has 32 heavy (non-hydrogen) atoms. The first-order chi connectivity index (χ1) is 15.6. The second-order valence-corrected chi connectivity index (χ2v) is 9.26. The molecule has 1 unspecified atom stereocenters. The third-order valence-electron chi connectivity index (χ3n) is 5.59. The van der Waals surface area contributed by atoms with E-state index in [9.17, 15) is 0 Å². The molecule has 4 rings (SSSR count). The largest absolute Gasteiger partial charge is 0.390 e. The van der Waals surface area contributed by atoms with Gasteiger partial charge in [-0.25, -0.2) is 9.98 Å². The van der Waals surface area contributed by atoms with Gasteiger partial charge in [-0.15, -0.1) is 10.2 Å². The first kappa shape index (κ1) is 22.3. The van der Waals surface area contributed by atoms with Crippen molar-refractivity contribution in [1.29, 1.82) is 0 Å². The topological polar surface area (TPSA) is 108 Å². The molecule has 0 aliphatic carbocycles. The highest BCUT2D eigenvalue weighted by atomic mass is 32.1. The first-order valence-electron chi connectivity index (χ1n) is 10.9. The SMILES string of the molecule is CNC1CCN(Cc2cc[nH]c2C(N=CN)=Nc2cccc(-c3nnc(C(C)C)s3)c2)C1. The number of benzene rings is 1. The average Bonchev–Trinajstić information content (AvgIpc) is 3.55. The van der Waals surface area contributed by atoms with Gasteiger partial charge in [0.1, 0.15) is 10.0 Å². The summed E-state index contributed by atoms with van der Waals surface area (Å²) in [6.07, 6.45) is 4.39. The zero-order valence-corrected chi connectivity index (χ0v) is 19.6. The number of nitrogens with zero attached hydrogens (tertiary/aromatic N) is 5. The van der Waals surface area contributed by atoms with E-state index in [1.807, 2.05) is 37.5 Å². The monoisotopic (exact) mass is 450 g/mol. The molecule has 0 bridgehead atoms. The fourth-order valence-electron chi connectivity index (χ4n) is 3.83. The smallest absolute Gasteiger partial charge is 0.178 e. The molecule has 3 aromatic rings. The van der Waals surface area contributed by atoms with Crippen LogP contribution in [0.3, 0.4) is 0 Å². The zero-order chi connectivity index (χ0) is 22.5. The van der Waals surface area contributed by atoms with Gasteiger partial charge < -0.3 is 16.0 Å². The van der Waals surface area contributed by atoms with E-state index in [1.54, 1.807) is 11.3 Å². The molecule has 1 aromatic carbocycles. The van der Waals surface area contributed by atoms with Crippen molar-refractivity contribution in [2.75, 3.05) is 20.1 Å². The van der Waals surface area contributed by atoms with Gasteiger partial charge in [0.25, 0.3) is 0 Å². The lowest BCUT2D eigenvalue weighted by Crippen LogP contribution is -2.29. The van der Waals surface area contributed by atoms with E-state index < -0.39 is 0 Å². The van der Waals surface area contributed by atoms with Gasteiger partial charge in [0, 0.05) is 43.4 Å². The Morgan fingerprint density at radius 2 is 2.25 bits per heavy atom. The molecule has 1 atom stereocenters. The standard InChI is InChI=1S/C23H30N8S/c1-15(2)22-29-30-23(32-22)16-5-4-6-18(11-16)28-21(27-14-24)20-17(7-9-26-20)12-31-10-8-19(13-31)25-3/h4-7,9,11,14-15,19,25-26H,8,10,12-13H2,1-3H3,(H2,24,27,28). The number of amidine groups is 1. The molecule has 1 aliphatic rings. The van der Waals surface area contributed by atoms with Gasteiger partial charge in [0.05, 0.1) is 17.7 Å². The summed E-state index contributed by atoms with van der Waals surface area (Å²) in [5, 5.41) is 13.9. The van der Waals surface area contributed by atoms with Crippen LogP contribution in [0.1, 0.15) is 42.5 Å². The van der Waals surface area contributed by atoms with Gasteiger partial charge in [-0.3, -0.25) is 4.90 Å². The van der Waals surface area contributed by atoms with Crippen LogP contribution in [0.25, 0.3) is 10.6 Å². The number of nitrogens with two attached hydrogens (primary N) is 1. The van der Waals surface area contributed by atoms with E-state index in [-0.39, 0.29) is 0 Å². The van der Waals surface area contributed by atoms with Crippen LogP contribution < -0.4 is 11.1 Å². The fourth-order valence-corrected chi connectivity index (χ4v) is 4.67. The van der Waals surface area contributed by atoms with Gasteiger partial charge in [-0.1, -0.05) is 37.3 Å². The summed E-state index contributed by atoms with van der Waals surface area (Å²) in [7, 11) is 2.02. The fraction of sp³-hybridized carbons (Fsp3) is 0.391. The minimum Gasteiger partial charge on any atom is -0.390 e. The predicted molar refractivity (Wildman–Crippen MR) is 132 cm³/mol. The minimum absolute atomic E-state index is 0.359. The van der Waals surface area contributed by atoms with Crippen molar-refractivity contribution in [2.24, 2.45) is 15.7 Å². The van der Waals surface area contributed by atoms with Crippen LogP contribution in [0.5, 0.6) is 0 Å². The average molecular weight is 451 g/mol. The normalized spacial score (nSPS) is 17.8. The van der Waals surface area contributed by atoms with Crippen molar-refractivity contribution >= 4 is 29.2 Å². The molecular formula is C23H30N8S. The van der Waals surface area contributed by atoms with Crippen molar-refractivity contribution in [3.05, 3.63) is 52.8 Å². The Morgan fingerprint density at radius 1 is 1.38 bits per heavy atom. The van der Waals surface area contributed by atoms with Crippen molar-refractivity contribution < 1.29 is 0 Å². The van der Waals surface area contributed by atoms with Crippen LogP contribution in [0.2, 0.25) is 0 Å². The molecule has 9 heteroatoms. The number of likely N-dealkylation sites (tertiary alicyclic amines) is 1. The molecule has 168 valence electrons. The van der Waals surface area contributed by atoms with Gasteiger partial charge in [-0.2, -0.15) is 0 Å². The maximum absolute atomic E-state index is 5.67. The maximum Gasteiger partial charge on any atom is 0.178 e. The Morgan fingerprint density at radius 3 is 2.97 bits per heavy atom. The quantitative estimate of drug-likeness (QED) is 0.377. The number of nitrogens with one attached hydrogen (secondary N) is 2. The number of hydrogen-bond donors (Lipinski definition) is 3. The number of rotatable bonds is 7. The summed E-state index contributed by atoms with van der Waals surface area (Å²) < 4.78 is 0. The molecule has 0 amide bonds. The Hall–Kier alpha value is -2.88. The van der Waals surface area contributed by atoms with E-state index >= 15 is 0 Å². The number of aliphatic imine (C=N–C) groups is 2. The number of aromatic amines is 1. The lowest BCUT2D eigenvalue weighted by Gasteiger charge is -2.16. The van der Waals surface area contributed by atoms with Crippen molar-refractivity contribution in [3.63, 3.8) is 0 Å². The summed E-state index contributed by atoms with van der Waals surface area (Å²) in [6, 6.07) is 10.6. The van der Waals surface area contributed by atoms with E-state index in [1.165, 1.54) is 6.34 Å². The lowest BCUT2D eigenvalue weighted by atomic mass is 10.2. The number of H-pyrrole nitrogens is 1. The van der Waals surface area contributed by atoms with Crippen molar-refractivity contribution in [3.8, 4) is 10.6 Å². The van der Waals surface area contributed by atoms with E-state index in [0.29, 0.717) is 17.8 Å². The molecule has 8 nitrogen and oxygen atoms in total. The second kappa shape index (κ2) is 10.2. The van der Waals surface area contributed by atoms with E-state index in [2.05, 4.69) is 50.3 Å². The van der Waals surface area contributed by atoms with E-state index in [4.69, 9.17) is 10.7 Å². The lowest BCUT2D eigenvalue weighted by molar-refractivity contribution is 0.322. The summed E-state index contributed by atoms with van der Waals surface area (Å²) in [5.74, 6) is 0.924. The third-order valence-corrected chi connectivity index (χ3v) is 6.86. The Balaban J connectivity index is 1.60. The summed E-state index contributed by atoms with van der Waals surface area (Å²) in [5.41, 5.74) is 9.51. The van der Waals surface area contributed by atoms with Gasteiger partial charge >= 0.3 is 0 Å². The van der Waals surface area contributed by atoms with Crippen LogP contribution in [0.4, 0.5) is 5.69 Å². The molecule has 0 spiro atoms. The van der Waals surface area contributed by atoms with Gasteiger partial charge in [-0.05, 0) is 37.2 Å². The molecular weight excluding hydrogens is 420 g/mol. The van der Waals surface area contributed by atoms with Crippen LogP contribution in [0.15, 0.2) is 46.5 Å². The Kier molecular flexibility index (Phi) is 7.09. The molecule has 4 N–H and O–H groups in total. The van der Waals surface area contributed by atoms with Gasteiger partial charge in [0.15, 0.2) is 5.84 Å². The number of hydrogen-bond acceptors (Lipinski definition) is 6. The molecule has 3 heterocycles. The highest BCUT2D eigenvalue weighted by Crippen LogP contribution is 2.30. The Bertz CT molecular complexity index is 1100. The van der Waals surface area contributed by atoms with Gasteiger partial charge in [0.2, 0.25) is 0 Å². The number of likely N-dealkylation sites (N-methyl/N-ethyl adjacent to an activating group) is 1. The summed E-state index contributed by atoms with van der Waals surface area (Å²) in [6.45, 7) is 7.20. The first-order valence-corrected chi connectivity index (χ1v) is 11.7. The second-order valence-electron chi connectivity index (χ2n) is 8.25. The highest BCUT2D eigenvalue weighted by molar-refractivity contribution is 7.14. The maximum atomic E-state index is 5.67. The van der Waals surface area contributed by atoms with Crippen LogP contribution in [0, 0.1) is 0 Å². The molecule has 2 aromatic heterocycles. The van der Waals surface area contributed by atoms with Crippen LogP contribution >= 0.6 is 11.3 Å².